The second-order valence-corrected chi connectivity index (χ2v) is 8.63. The molecule has 0 aliphatic heterocycles. The van der Waals surface area contributed by atoms with E-state index in [1.807, 2.05) is 51.1 Å². The fourth-order valence-corrected chi connectivity index (χ4v) is 4.93. The summed E-state index contributed by atoms with van der Waals surface area (Å²) >= 11 is 0. The molecule has 7 nitrogen and oxygen atoms in total. The Kier molecular flexibility index (Phi) is 6.76. The van der Waals surface area contributed by atoms with Crippen LogP contribution < -0.4 is 9.41 Å². The lowest BCUT2D eigenvalue weighted by Gasteiger charge is -2.26. The zero-order chi connectivity index (χ0) is 22.8. The van der Waals surface area contributed by atoms with E-state index in [4.69, 9.17) is 4.74 Å². The van der Waals surface area contributed by atoms with Crippen molar-refractivity contribution in [3.05, 3.63) is 47.5 Å². The number of hydrogen-bond donors (Lipinski definition) is 2. The van der Waals surface area contributed by atoms with E-state index in [1.54, 1.807) is 13.0 Å². The number of ether oxygens (including phenoxy) is 1. The second-order valence-electron chi connectivity index (χ2n) is 7.12. The topological polar surface area (TPSA) is 98.7 Å². The maximum Gasteiger partial charge on any atom is 0.430 e. The minimum absolute atomic E-state index is 0.190. The second kappa shape index (κ2) is 9.15. The van der Waals surface area contributed by atoms with Crippen LogP contribution >= 0.6 is 7.75 Å². The fraction of sp³-hybridized carbons (Fsp3) is 0.348. The molecule has 164 valence electrons. The molecule has 0 saturated heterocycles. The van der Waals surface area contributed by atoms with E-state index in [0.29, 0.717) is 30.8 Å². The molecule has 0 aliphatic rings. The molecule has 0 saturated carbocycles. The highest BCUT2D eigenvalue weighted by Crippen LogP contribution is 2.46. The third-order valence-electron chi connectivity index (χ3n) is 5.40. The van der Waals surface area contributed by atoms with Crippen LogP contribution in [0.1, 0.15) is 38.8 Å². The Morgan fingerprint density at radius 1 is 1.13 bits per heavy atom. The van der Waals surface area contributed by atoms with Crippen LogP contribution in [0.15, 0.2) is 36.4 Å². The summed E-state index contributed by atoms with van der Waals surface area (Å²) < 4.78 is 20.8. The molecule has 0 aliphatic carbocycles. The van der Waals surface area contributed by atoms with Crippen molar-refractivity contribution < 1.29 is 19.1 Å². The number of rotatable bonds is 8. The normalized spacial score (nSPS) is 11.5. The van der Waals surface area contributed by atoms with Gasteiger partial charge >= 0.3 is 7.75 Å². The summed E-state index contributed by atoms with van der Waals surface area (Å²) in [6.07, 6.45) is 0.600. The molecule has 1 aromatic heterocycles. The quantitative estimate of drug-likeness (QED) is 0.473. The van der Waals surface area contributed by atoms with Gasteiger partial charge in [-0.25, -0.2) is 4.57 Å². The standard InChI is InChI=1S/C23H28N3O4P/c1-5-16-13-17(9-12-21(16)26(7-3)31(27,28)29)23-20(15-24)19-11-10-18(30-8-4)14-22(19)25(23)6-2/h9-14H,5-8H2,1-4H3,(H2,27,28,29). The smallest absolute Gasteiger partial charge is 0.430 e. The van der Waals surface area contributed by atoms with Gasteiger partial charge in [-0.3, -0.25) is 4.67 Å². The van der Waals surface area contributed by atoms with Crippen LogP contribution in [0.4, 0.5) is 5.69 Å². The zero-order valence-corrected chi connectivity index (χ0v) is 19.2. The van der Waals surface area contributed by atoms with Gasteiger partial charge in [0, 0.05) is 30.2 Å². The first-order valence-corrected chi connectivity index (χ1v) is 12.0. The SMILES string of the molecule is CCOc1ccc2c(C#N)c(-c3ccc(N(CC)P(=O)(O)O)c(CC)c3)n(CC)c2c1. The van der Waals surface area contributed by atoms with Gasteiger partial charge in [0.05, 0.1) is 23.4 Å². The van der Waals surface area contributed by atoms with Crippen molar-refractivity contribution in [2.45, 2.75) is 40.7 Å². The Labute approximate surface area is 182 Å². The largest absolute Gasteiger partial charge is 0.494 e. The molecule has 0 atom stereocenters. The van der Waals surface area contributed by atoms with Crippen molar-refractivity contribution in [2.24, 2.45) is 0 Å². The first-order chi connectivity index (χ1) is 14.8. The Morgan fingerprint density at radius 2 is 1.87 bits per heavy atom. The molecule has 31 heavy (non-hydrogen) atoms. The Morgan fingerprint density at radius 3 is 2.42 bits per heavy atom. The van der Waals surface area contributed by atoms with Gasteiger partial charge in [0.1, 0.15) is 11.8 Å². The molecule has 0 amide bonds. The number of fused-ring (bicyclic) bond motifs is 1. The highest BCUT2D eigenvalue weighted by atomic mass is 31.2. The van der Waals surface area contributed by atoms with E-state index < -0.39 is 7.75 Å². The Balaban J connectivity index is 2.26. The van der Waals surface area contributed by atoms with E-state index in [0.717, 1.165) is 38.1 Å². The minimum Gasteiger partial charge on any atom is -0.494 e. The van der Waals surface area contributed by atoms with Crippen LogP contribution in [0.2, 0.25) is 0 Å². The van der Waals surface area contributed by atoms with Gasteiger partial charge in [0.25, 0.3) is 0 Å². The third-order valence-corrected chi connectivity index (χ3v) is 6.53. The van der Waals surface area contributed by atoms with Gasteiger partial charge in [-0.05, 0) is 62.6 Å². The first-order valence-electron chi connectivity index (χ1n) is 10.5. The van der Waals surface area contributed by atoms with Gasteiger partial charge in [-0.1, -0.05) is 13.0 Å². The van der Waals surface area contributed by atoms with Crippen LogP contribution in [0.5, 0.6) is 5.75 Å². The highest BCUT2D eigenvalue weighted by molar-refractivity contribution is 7.53. The molecule has 0 unspecified atom stereocenters. The van der Waals surface area contributed by atoms with Gasteiger partial charge in [0.15, 0.2) is 0 Å². The summed E-state index contributed by atoms with van der Waals surface area (Å²) in [7, 11) is -4.43. The summed E-state index contributed by atoms with van der Waals surface area (Å²) in [6, 6.07) is 13.6. The predicted molar refractivity (Wildman–Crippen MR) is 123 cm³/mol. The number of aromatic nitrogens is 1. The fourth-order valence-electron chi connectivity index (χ4n) is 4.09. The van der Waals surface area contributed by atoms with Gasteiger partial charge in [0.2, 0.25) is 0 Å². The molecule has 0 spiro atoms. The van der Waals surface area contributed by atoms with Crippen molar-refractivity contribution >= 4 is 24.3 Å². The zero-order valence-electron chi connectivity index (χ0n) is 18.3. The Bertz CT molecular complexity index is 1190. The van der Waals surface area contributed by atoms with Gasteiger partial charge < -0.3 is 19.1 Å². The maximum atomic E-state index is 12.0. The number of nitriles is 1. The predicted octanol–water partition coefficient (Wildman–Crippen LogP) is 5.08. The van der Waals surface area contributed by atoms with E-state index in [-0.39, 0.29) is 6.54 Å². The van der Waals surface area contributed by atoms with Crippen molar-refractivity contribution in [1.82, 2.24) is 4.57 Å². The minimum atomic E-state index is -4.43. The van der Waals surface area contributed by atoms with Crippen LogP contribution in [0, 0.1) is 11.3 Å². The molecular formula is C23H28N3O4P. The van der Waals surface area contributed by atoms with E-state index in [1.165, 1.54) is 0 Å². The highest BCUT2D eigenvalue weighted by Gasteiger charge is 2.27. The summed E-state index contributed by atoms with van der Waals surface area (Å²) in [5.74, 6) is 0.753. The van der Waals surface area contributed by atoms with Gasteiger partial charge in [-0.2, -0.15) is 5.26 Å². The number of anilines is 1. The van der Waals surface area contributed by atoms with Crippen LogP contribution in [0.25, 0.3) is 22.2 Å². The van der Waals surface area contributed by atoms with Crippen molar-refractivity contribution in [3.8, 4) is 23.1 Å². The molecule has 0 bridgehead atoms. The van der Waals surface area contributed by atoms with E-state index in [9.17, 15) is 19.6 Å². The van der Waals surface area contributed by atoms with E-state index >= 15 is 0 Å². The lowest BCUT2D eigenvalue weighted by molar-refractivity contribution is 0.340. The summed E-state index contributed by atoms with van der Waals surface area (Å²) in [6.45, 7) is 9.03. The van der Waals surface area contributed by atoms with E-state index in [2.05, 4.69) is 10.6 Å². The van der Waals surface area contributed by atoms with Crippen molar-refractivity contribution in [1.29, 1.82) is 5.26 Å². The summed E-state index contributed by atoms with van der Waals surface area (Å²) in [4.78, 5) is 19.5. The Hall–Kier alpha value is -2.78. The lowest BCUT2D eigenvalue weighted by atomic mass is 10.0. The molecule has 8 heteroatoms. The molecular weight excluding hydrogens is 413 g/mol. The van der Waals surface area contributed by atoms with Crippen LogP contribution in [0.3, 0.4) is 0 Å². The number of nitrogens with zero attached hydrogens (tertiary/aromatic N) is 3. The summed E-state index contributed by atoms with van der Waals surface area (Å²) in [5, 5.41) is 10.8. The average Bonchev–Trinajstić information content (AvgIpc) is 3.06. The number of benzene rings is 2. The molecule has 0 fully saturated rings. The molecule has 2 N–H and O–H groups in total. The third kappa shape index (κ3) is 4.20. The first kappa shape index (κ1) is 22.9. The molecule has 0 radical (unpaired) electrons. The number of hydrogen-bond acceptors (Lipinski definition) is 3. The molecule has 2 aromatic carbocycles. The number of aryl methyl sites for hydroxylation is 2. The van der Waals surface area contributed by atoms with Gasteiger partial charge in [-0.15, -0.1) is 0 Å². The summed E-state index contributed by atoms with van der Waals surface area (Å²) in [5.41, 5.74) is 4.47. The lowest BCUT2D eigenvalue weighted by Crippen LogP contribution is -2.20. The molecule has 3 rings (SSSR count). The maximum absolute atomic E-state index is 12.0. The average molecular weight is 441 g/mol. The monoisotopic (exact) mass is 441 g/mol. The van der Waals surface area contributed by atoms with Crippen LogP contribution in [-0.2, 0) is 17.5 Å². The van der Waals surface area contributed by atoms with Crippen molar-refractivity contribution in [2.75, 3.05) is 17.8 Å². The van der Waals surface area contributed by atoms with Crippen LogP contribution in [-0.4, -0.2) is 27.5 Å². The molecule has 3 aromatic rings. The van der Waals surface area contributed by atoms with Crippen molar-refractivity contribution in [3.63, 3.8) is 0 Å². The molecule has 1 heterocycles.